The lowest BCUT2D eigenvalue weighted by Gasteiger charge is -2.12. The predicted molar refractivity (Wildman–Crippen MR) is 90.4 cm³/mol. The molecule has 0 amide bonds. The first-order valence-electron chi connectivity index (χ1n) is 6.91. The van der Waals surface area contributed by atoms with Crippen LogP contribution in [0.1, 0.15) is 5.56 Å². The summed E-state index contributed by atoms with van der Waals surface area (Å²) in [7, 11) is 2.89. The van der Waals surface area contributed by atoms with E-state index in [1.165, 1.54) is 37.5 Å². The van der Waals surface area contributed by atoms with Gasteiger partial charge in [0.05, 0.1) is 29.2 Å². The molecule has 0 unspecified atom stereocenters. The summed E-state index contributed by atoms with van der Waals surface area (Å²) >= 11 is 0. The molecule has 0 heterocycles. The van der Waals surface area contributed by atoms with Crippen molar-refractivity contribution in [1.82, 2.24) is 0 Å². The van der Waals surface area contributed by atoms with Crippen LogP contribution in [0.15, 0.2) is 41.5 Å². The zero-order chi connectivity index (χ0) is 18.6. The second-order valence-electron chi connectivity index (χ2n) is 4.89. The highest BCUT2D eigenvalue weighted by molar-refractivity contribution is 5.82. The summed E-state index contributed by atoms with van der Waals surface area (Å²) in [6, 6.07) is 7.89. The number of phenols is 1. The van der Waals surface area contributed by atoms with Crippen LogP contribution < -0.4 is 9.75 Å². The smallest absolute Gasteiger partial charge is 0.301 e. The van der Waals surface area contributed by atoms with Gasteiger partial charge in [-0.05, 0) is 29.8 Å². The number of hydrogen-bond donors (Lipinski definition) is 1. The van der Waals surface area contributed by atoms with Crippen LogP contribution in [0.5, 0.6) is 11.5 Å². The normalized spacial score (nSPS) is 10.6. The molecule has 0 bridgehead atoms. The molecular formula is C15H14N4O6. The molecule has 25 heavy (non-hydrogen) atoms. The van der Waals surface area contributed by atoms with Gasteiger partial charge in [0, 0.05) is 13.1 Å². The standard InChI is InChI=1S/C15H14N4O6/c1-17(16-9-10-3-6-15(25-2)14(20)7-10)12-5-4-11(18(21)22)8-13(12)19(23)24/h3-9,20H,1-2H3. The molecule has 0 aromatic heterocycles. The predicted octanol–water partition coefficient (Wildman–Crippen LogP) is 2.69. The van der Waals surface area contributed by atoms with E-state index < -0.39 is 15.5 Å². The Hall–Kier alpha value is -3.69. The minimum atomic E-state index is -0.715. The van der Waals surface area contributed by atoms with Gasteiger partial charge in [0.25, 0.3) is 5.69 Å². The largest absolute Gasteiger partial charge is 0.504 e. The van der Waals surface area contributed by atoms with Crippen molar-refractivity contribution in [3.63, 3.8) is 0 Å². The van der Waals surface area contributed by atoms with Crippen molar-refractivity contribution in [3.8, 4) is 11.5 Å². The minimum Gasteiger partial charge on any atom is -0.504 e. The van der Waals surface area contributed by atoms with Crippen LogP contribution in [0, 0.1) is 20.2 Å². The Morgan fingerprint density at radius 3 is 2.44 bits per heavy atom. The number of hydrogen-bond acceptors (Lipinski definition) is 8. The Bertz CT molecular complexity index is 852. The van der Waals surface area contributed by atoms with Crippen molar-refractivity contribution in [2.24, 2.45) is 5.10 Å². The first-order valence-corrected chi connectivity index (χ1v) is 6.91. The average Bonchev–Trinajstić information content (AvgIpc) is 2.59. The third-order valence-corrected chi connectivity index (χ3v) is 3.30. The number of nitro benzene ring substituents is 2. The summed E-state index contributed by atoms with van der Waals surface area (Å²) in [6.07, 6.45) is 1.38. The lowest BCUT2D eigenvalue weighted by molar-refractivity contribution is -0.393. The zero-order valence-electron chi connectivity index (χ0n) is 13.3. The molecule has 0 aliphatic carbocycles. The molecule has 130 valence electrons. The van der Waals surface area contributed by atoms with Gasteiger partial charge in [0.15, 0.2) is 11.5 Å². The number of nitro groups is 2. The minimum absolute atomic E-state index is 0.0737. The monoisotopic (exact) mass is 346 g/mol. The van der Waals surface area contributed by atoms with Crippen LogP contribution in [-0.2, 0) is 0 Å². The molecule has 10 heteroatoms. The van der Waals surface area contributed by atoms with E-state index in [9.17, 15) is 25.3 Å². The highest BCUT2D eigenvalue weighted by Gasteiger charge is 2.21. The van der Waals surface area contributed by atoms with Crippen molar-refractivity contribution >= 4 is 23.3 Å². The third-order valence-electron chi connectivity index (χ3n) is 3.30. The summed E-state index contributed by atoms with van der Waals surface area (Å²) in [6.45, 7) is 0. The van der Waals surface area contributed by atoms with Crippen LogP contribution in [0.2, 0.25) is 0 Å². The maximum atomic E-state index is 11.1. The summed E-state index contributed by atoms with van der Waals surface area (Å²) in [5.74, 6) is 0.229. The fourth-order valence-corrected chi connectivity index (χ4v) is 2.05. The van der Waals surface area contributed by atoms with Crippen LogP contribution >= 0.6 is 0 Å². The van der Waals surface area contributed by atoms with Crippen molar-refractivity contribution in [2.45, 2.75) is 0 Å². The number of benzene rings is 2. The Balaban J connectivity index is 2.31. The SMILES string of the molecule is COc1ccc(C=NN(C)c2ccc([N+](=O)[O-])cc2[N+](=O)[O-])cc1O. The number of non-ortho nitro benzene ring substituents is 1. The van der Waals surface area contributed by atoms with Crippen molar-refractivity contribution in [1.29, 1.82) is 0 Å². The molecule has 1 N–H and O–H groups in total. The van der Waals surface area contributed by atoms with Crippen molar-refractivity contribution in [2.75, 3.05) is 19.2 Å². The topological polar surface area (TPSA) is 131 Å². The Labute approximate surface area is 141 Å². The maximum Gasteiger partial charge on any atom is 0.301 e. The van der Waals surface area contributed by atoms with Gasteiger partial charge in [-0.3, -0.25) is 25.2 Å². The van der Waals surface area contributed by atoms with Gasteiger partial charge in [-0.2, -0.15) is 5.10 Å². The van der Waals surface area contributed by atoms with E-state index in [1.807, 2.05) is 0 Å². The van der Waals surface area contributed by atoms with Gasteiger partial charge in [-0.15, -0.1) is 0 Å². The first kappa shape index (κ1) is 17.7. The molecule has 0 radical (unpaired) electrons. The highest BCUT2D eigenvalue weighted by Crippen LogP contribution is 2.31. The number of methoxy groups -OCH3 is 1. The fourth-order valence-electron chi connectivity index (χ4n) is 2.05. The van der Waals surface area contributed by atoms with Crippen LogP contribution in [0.3, 0.4) is 0 Å². The van der Waals surface area contributed by atoms with Crippen molar-refractivity contribution in [3.05, 3.63) is 62.2 Å². The second kappa shape index (κ2) is 7.25. The van der Waals surface area contributed by atoms with Gasteiger partial charge in [-0.1, -0.05) is 0 Å². The first-order chi connectivity index (χ1) is 11.8. The number of anilines is 1. The Morgan fingerprint density at radius 1 is 1.16 bits per heavy atom. The van der Waals surface area contributed by atoms with E-state index >= 15 is 0 Å². The van der Waals surface area contributed by atoms with Gasteiger partial charge in [0.2, 0.25) is 0 Å². The average molecular weight is 346 g/mol. The molecule has 2 rings (SSSR count). The summed E-state index contributed by atoms with van der Waals surface area (Å²) < 4.78 is 4.93. The van der Waals surface area contributed by atoms with E-state index in [1.54, 1.807) is 12.1 Å². The van der Waals surface area contributed by atoms with E-state index in [0.29, 0.717) is 11.3 Å². The number of phenolic OH excluding ortho intramolecular Hbond substituents is 1. The molecule has 0 atom stereocenters. The molecule has 2 aromatic carbocycles. The van der Waals surface area contributed by atoms with E-state index in [2.05, 4.69) is 5.10 Å². The fraction of sp³-hybridized carbons (Fsp3) is 0.133. The van der Waals surface area contributed by atoms with Crippen LogP contribution in [-0.4, -0.2) is 35.3 Å². The lowest BCUT2D eigenvalue weighted by Crippen LogP contribution is -2.11. The molecule has 0 aliphatic rings. The number of rotatable bonds is 6. The van der Waals surface area contributed by atoms with E-state index in [-0.39, 0.29) is 17.1 Å². The summed E-state index contributed by atoms with van der Waals surface area (Å²) in [5, 5.41) is 36.9. The van der Waals surface area contributed by atoms with Crippen LogP contribution in [0.25, 0.3) is 0 Å². The molecule has 0 spiro atoms. The molecule has 2 aromatic rings. The molecule has 10 nitrogen and oxygen atoms in total. The second-order valence-corrected chi connectivity index (χ2v) is 4.89. The highest BCUT2D eigenvalue weighted by atomic mass is 16.6. The Morgan fingerprint density at radius 2 is 1.88 bits per heavy atom. The summed E-state index contributed by atoms with van der Waals surface area (Å²) in [5.41, 5.74) is -0.196. The van der Waals surface area contributed by atoms with E-state index in [0.717, 1.165) is 12.1 Å². The zero-order valence-corrected chi connectivity index (χ0v) is 13.3. The Kier molecular flexibility index (Phi) is 5.12. The maximum absolute atomic E-state index is 11.1. The van der Waals surface area contributed by atoms with Gasteiger partial charge >= 0.3 is 5.69 Å². The lowest BCUT2D eigenvalue weighted by atomic mass is 10.2. The van der Waals surface area contributed by atoms with E-state index in [4.69, 9.17) is 4.74 Å². The number of nitrogens with zero attached hydrogens (tertiary/aromatic N) is 4. The van der Waals surface area contributed by atoms with Gasteiger partial charge in [-0.25, -0.2) is 0 Å². The molecule has 0 saturated carbocycles. The van der Waals surface area contributed by atoms with Gasteiger partial charge < -0.3 is 9.84 Å². The van der Waals surface area contributed by atoms with Crippen LogP contribution in [0.4, 0.5) is 17.1 Å². The third kappa shape index (κ3) is 3.99. The number of ether oxygens (including phenoxy) is 1. The summed E-state index contributed by atoms with van der Waals surface area (Å²) in [4.78, 5) is 20.5. The number of hydrazone groups is 1. The van der Waals surface area contributed by atoms with Gasteiger partial charge in [0.1, 0.15) is 5.69 Å². The number of aromatic hydroxyl groups is 1. The quantitative estimate of drug-likeness (QED) is 0.483. The molecular weight excluding hydrogens is 332 g/mol. The molecule has 0 aliphatic heterocycles. The van der Waals surface area contributed by atoms with Crippen molar-refractivity contribution < 1.29 is 19.7 Å². The molecule has 0 fully saturated rings. The molecule has 0 saturated heterocycles.